The van der Waals surface area contributed by atoms with E-state index in [-0.39, 0.29) is 0 Å². The van der Waals surface area contributed by atoms with Gasteiger partial charge >= 0.3 is 0 Å². The summed E-state index contributed by atoms with van der Waals surface area (Å²) in [4.78, 5) is 10.1. The molecule has 0 rings (SSSR count). The molecule has 0 radical (unpaired) electrons. The van der Waals surface area contributed by atoms with Crippen LogP contribution in [-0.2, 0) is 4.79 Å². The van der Waals surface area contributed by atoms with E-state index in [1.54, 1.807) is 0 Å². The van der Waals surface area contributed by atoms with Crippen LogP contribution in [0.15, 0.2) is 0 Å². The zero-order chi connectivity index (χ0) is 7.49. The Kier molecular flexibility index (Phi) is 3.12. The number of rotatable bonds is 3. The van der Waals surface area contributed by atoms with Gasteiger partial charge in [0.25, 0.3) is 0 Å². The monoisotopic (exact) mass is 144 g/mol. The van der Waals surface area contributed by atoms with E-state index in [2.05, 4.69) is 26.6 Å². The van der Waals surface area contributed by atoms with Gasteiger partial charge in [-0.1, -0.05) is 26.6 Å². The van der Waals surface area contributed by atoms with Gasteiger partial charge in [0.05, 0.1) is 0 Å². The molecule has 0 aromatic heterocycles. The Morgan fingerprint density at radius 1 is 1.44 bits per heavy atom. The average molecular weight is 144 g/mol. The highest BCUT2D eigenvalue weighted by Gasteiger charge is 2.20. The zero-order valence-corrected chi connectivity index (χ0v) is 7.77. The van der Waals surface area contributed by atoms with Gasteiger partial charge in [-0.15, -0.1) is 0 Å². The fraction of sp³-hybridized carbons (Fsp3) is 0.857. The number of hydrogen-bond donors (Lipinski definition) is 0. The first kappa shape index (κ1) is 8.89. The summed E-state index contributed by atoms with van der Waals surface area (Å²) in [5.74, 6) is 0. The van der Waals surface area contributed by atoms with E-state index in [1.807, 2.05) is 0 Å². The van der Waals surface area contributed by atoms with Crippen LogP contribution in [0.2, 0.25) is 25.2 Å². The van der Waals surface area contributed by atoms with Crippen LogP contribution in [0.1, 0.15) is 13.3 Å². The first-order valence-corrected chi connectivity index (χ1v) is 7.00. The van der Waals surface area contributed by atoms with Crippen LogP contribution in [0, 0.1) is 0 Å². The minimum absolute atomic E-state index is 0.634. The van der Waals surface area contributed by atoms with Crippen molar-refractivity contribution >= 4 is 14.4 Å². The molecule has 0 aliphatic heterocycles. The van der Waals surface area contributed by atoms with Crippen molar-refractivity contribution in [1.29, 1.82) is 0 Å². The Hall–Kier alpha value is -0.113. The predicted octanol–water partition coefficient (Wildman–Crippen LogP) is 2.30. The molecule has 0 heterocycles. The highest BCUT2D eigenvalue weighted by atomic mass is 28.3. The molecule has 0 aliphatic rings. The van der Waals surface area contributed by atoms with Crippen molar-refractivity contribution in [1.82, 2.24) is 0 Å². The van der Waals surface area contributed by atoms with Gasteiger partial charge in [0.15, 0.2) is 0 Å². The molecule has 0 saturated carbocycles. The molecule has 0 N–H and O–H groups in total. The molecule has 0 bridgehead atoms. The quantitative estimate of drug-likeness (QED) is 0.439. The lowest BCUT2D eigenvalue weighted by Gasteiger charge is -2.22. The van der Waals surface area contributed by atoms with Gasteiger partial charge in [-0.05, 0) is 5.54 Å². The summed E-state index contributed by atoms with van der Waals surface area (Å²) < 4.78 is 0. The summed E-state index contributed by atoms with van der Waals surface area (Å²) >= 11 is 0. The molecule has 0 aromatic carbocycles. The molecule has 2 heteroatoms. The number of carbonyl (C=O) groups is 1. The van der Waals surface area contributed by atoms with E-state index < -0.39 is 8.07 Å². The van der Waals surface area contributed by atoms with Gasteiger partial charge in [-0.25, -0.2) is 0 Å². The molecule has 1 nitrogen and oxygen atoms in total. The van der Waals surface area contributed by atoms with Crippen LogP contribution in [0.5, 0.6) is 0 Å². The van der Waals surface area contributed by atoms with Crippen LogP contribution >= 0.6 is 0 Å². The van der Waals surface area contributed by atoms with Crippen molar-refractivity contribution < 1.29 is 4.79 Å². The molecule has 0 amide bonds. The van der Waals surface area contributed by atoms with Crippen molar-refractivity contribution in [2.75, 3.05) is 0 Å². The molecule has 9 heavy (non-hydrogen) atoms. The van der Waals surface area contributed by atoms with Gasteiger partial charge in [-0.3, -0.25) is 0 Å². The fourth-order valence-corrected chi connectivity index (χ4v) is 1.30. The van der Waals surface area contributed by atoms with Gasteiger partial charge in [0, 0.05) is 14.5 Å². The van der Waals surface area contributed by atoms with Gasteiger partial charge in [-0.2, -0.15) is 0 Å². The molecule has 0 spiro atoms. The van der Waals surface area contributed by atoms with Gasteiger partial charge in [0.1, 0.15) is 6.29 Å². The maximum Gasteiger partial charge on any atom is 0.119 e. The third kappa shape index (κ3) is 3.46. The summed E-state index contributed by atoms with van der Waals surface area (Å²) in [6, 6.07) is 0. The van der Waals surface area contributed by atoms with Gasteiger partial charge < -0.3 is 4.79 Å². The smallest absolute Gasteiger partial charge is 0.119 e. The maximum absolute atomic E-state index is 10.1. The van der Waals surface area contributed by atoms with Crippen molar-refractivity contribution in [3.63, 3.8) is 0 Å². The van der Waals surface area contributed by atoms with Crippen LogP contribution in [0.3, 0.4) is 0 Å². The van der Waals surface area contributed by atoms with E-state index in [4.69, 9.17) is 0 Å². The highest BCUT2D eigenvalue weighted by Crippen LogP contribution is 2.22. The minimum atomic E-state index is -1.01. The third-order valence-corrected chi connectivity index (χ3v) is 5.12. The third-order valence-electron chi connectivity index (χ3n) is 1.93. The zero-order valence-electron chi connectivity index (χ0n) is 6.77. The van der Waals surface area contributed by atoms with E-state index in [0.717, 1.165) is 12.7 Å². The lowest BCUT2D eigenvalue weighted by molar-refractivity contribution is -0.107. The minimum Gasteiger partial charge on any atom is -0.303 e. The molecule has 1 unspecified atom stereocenters. The average Bonchev–Trinajstić information content (AvgIpc) is 1.64. The van der Waals surface area contributed by atoms with Crippen LogP contribution in [-0.4, -0.2) is 14.4 Å². The second-order valence-corrected chi connectivity index (χ2v) is 9.39. The SMILES string of the molecule is CC(CC=O)[Si](C)(C)C. The molecule has 0 fully saturated rings. The van der Waals surface area contributed by atoms with Crippen LogP contribution in [0.25, 0.3) is 0 Å². The van der Waals surface area contributed by atoms with Crippen molar-refractivity contribution in [3.05, 3.63) is 0 Å². The molecular weight excluding hydrogens is 128 g/mol. The normalized spacial score (nSPS) is 15.1. The molecule has 0 aliphatic carbocycles. The summed E-state index contributed by atoms with van der Waals surface area (Å²) in [5, 5.41) is 0. The Morgan fingerprint density at radius 2 is 1.89 bits per heavy atom. The van der Waals surface area contributed by atoms with E-state index in [9.17, 15) is 4.79 Å². The number of aldehydes is 1. The summed E-state index contributed by atoms with van der Waals surface area (Å²) in [6.45, 7) is 9.05. The van der Waals surface area contributed by atoms with E-state index in [1.165, 1.54) is 0 Å². The molecular formula is C7H16OSi. The van der Waals surface area contributed by atoms with E-state index in [0.29, 0.717) is 5.54 Å². The predicted molar refractivity (Wildman–Crippen MR) is 43.5 cm³/mol. The summed E-state index contributed by atoms with van der Waals surface area (Å²) in [7, 11) is -1.01. The molecule has 0 saturated heterocycles. The lowest BCUT2D eigenvalue weighted by Crippen LogP contribution is -2.26. The molecule has 0 aromatic rings. The lowest BCUT2D eigenvalue weighted by atomic mass is 10.4. The Bertz CT molecular complexity index is 93.6. The summed E-state index contributed by atoms with van der Waals surface area (Å²) in [5.41, 5.74) is 0.634. The Morgan fingerprint density at radius 3 is 2.00 bits per heavy atom. The second kappa shape index (κ2) is 3.16. The first-order valence-electron chi connectivity index (χ1n) is 3.42. The second-order valence-electron chi connectivity index (χ2n) is 3.67. The topological polar surface area (TPSA) is 17.1 Å². The highest BCUT2D eigenvalue weighted by molar-refractivity contribution is 6.77. The van der Waals surface area contributed by atoms with Crippen LogP contribution in [0.4, 0.5) is 0 Å². The molecule has 54 valence electrons. The molecule has 1 atom stereocenters. The standard InChI is InChI=1S/C7H16OSi/c1-7(5-6-8)9(2,3)4/h6-7H,5H2,1-4H3. The number of carbonyl (C=O) groups excluding carboxylic acids is 1. The van der Waals surface area contributed by atoms with Crippen LogP contribution < -0.4 is 0 Å². The maximum atomic E-state index is 10.1. The number of hydrogen-bond acceptors (Lipinski definition) is 1. The fourth-order valence-electron chi connectivity index (χ4n) is 0.498. The Balaban J connectivity index is 3.72. The van der Waals surface area contributed by atoms with Crippen molar-refractivity contribution in [3.8, 4) is 0 Å². The largest absolute Gasteiger partial charge is 0.303 e. The summed E-state index contributed by atoms with van der Waals surface area (Å²) in [6.07, 6.45) is 1.78. The first-order chi connectivity index (χ1) is 3.98. The van der Waals surface area contributed by atoms with Crippen molar-refractivity contribution in [2.24, 2.45) is 0 Å². The van der Waals surface area contributed by atoms with Crippen molar-refractivity contribution in [2.45, 2.75) is 38.5 Å². The van der Waals surface area contributed by atoms with Gasteiger partial charge in [0.2, 0.25) is 0 Å². The van der Waals surface area contributed by atoms with E-state index >= 15 is 0 Å². The Labute approximate surface area is 58.5 Å².